The molecule has 0 bridgehead atoms. The number of rotatable bonds is 3. The van der Waals surface area contributed by atoms with Gasteiger partial charge < -0.3 is 4.74 Å². The lowest BCUT2D eigenvalue weighted by molar-refractivity contribution is 0.360. The van der Waals surface area contributed by atoms with Gasteiger partial charge in [-0.15, -0.1) is 6.42 Å². The molecule has 14 heavy (non-hydrogen) atoms. The fraction of sp³-hybridized carbons (Fsp3) is 0.231. The Morgan fingerprint density at radius 3 is 2.93 bits per heavy atom. The maximum atomic E-state index is 5.54. The van der Waals surface area contributed by atoms with E-state index in [2.05, 4.69) is 5.92 Å². The number of ether oxygens (including phenoxy) is 1. The van der Waals surface area contributed by atoms with Crippen molar-refractivity contribution in [2.45, 2.75) is 13.8 Å². The van der Waals surface area contributed by atoms with Crippen molar-refractivity contribution in [2.24, 2.45) is 0 Å². The maximum Gasteiger partial charge on any atom is 0.123 e. The second-order valence-electron chi connectivity index (χ2n) is 2.95. The van der Waals surface area contributed by atoms with Crippen LogP contribution in [0.5, 0.6) is 5.75 Å². The van der Waals surface area contributed by atoms with Gasteiger partial charge in [0, 0.05) is 11.1 Å². The van der Waals surface area contributed by atoms with Crippen LogP contribution >= 0.6 is 0 Å². The van der Waals surface area contributed by atoms with Crippen LogP contribution in [0.25, 0.3) is 0 Å². The van der Waals surface area contributed by atoms with Crippen molar-refractivity contribution in [2.75, 3.05) is 6.61 Å². The third-order valence-electron chi connectivity index (χ3n) is 2.01. The predicted octanol–water partition coefficient (Wildman–Crippen LogP) is 2.93. The molecule has 0 aliphatic rings. The molecular weight excluding hydrogens is 172 g/mol. The molecule has 0 aromatic heterocycles. The third-order valence-corrected chi connectivity index (χ3v) is 2.01. The SMILES string of the molecule is C#Cc1cccc(OCC=CC)c1C. The molecule has 0 heterocycles. The summed E-state index contributed by atoms with van der Waals surface area (Å²) in [4.78, 5) is 0. The lowest BCUT2D eigenvalue weighted by Crippen LogP contribution is -1.96. The first-order valence-corrected chi connectivity index (χ1v) is 4.59. The molecule has 0 fully saturated rings. The Balaban J connectivity index is 2.83. The quantitative estimate of drug-likeness (QED) is 0.521. The zero-order chi connectivity index (χ0) is 10.4. The maximum absolute atomic E-state index is 5.54. The van der Waals surface area contributed by atoms with E-state index < -0.39 is 0 Å². The number of terminal acetylenes is 1. The number of benzene rings is 1. The third kappa shape index (κ3) is 2.40. The number of hydrogen-bond donors (Lipinski definition) is 0. The van der Waals surface area contributed by atoms with Crippen LogP contribution in [0.1, 0.15) is 18.1 Å². The smallest absolute Gasteiger partial charge is 0.123 e. The zero-order valence-electron chi connectivity index (χ0n) is 8.58. The van der Waals surface area contributed by atoms with Crippen molar-refractivity contribution >= 4 is 0 Å². The van der Waals surface area contributed by atoms with Crippen LogP contribution in [0.3, 0.4) is 0 Å². The van der Waals surface area contributed by atoms with Gasteiger partial charge >= 0.3 is 0 Å². The average molecular weight is 186 g/mol. The summed E-state index contributed by atoms with van der Waals surface area (Å²) in [5.41, 5.74) is 1.92. The molecule has 0 radical (unpaired) electrons. The van der Waals surface area contributed by atoms with E-state index in [4.69, 9.17) is 11.2 Å². The van der Waals surface area contributed by atoms with E-state index >= 15 is 0 Å². The van der Waals surface area contributed by atoms with E-state index in [1.807, 2.05) is 44.2 Å². The molecular formula is C13H14O. The molecule has 0 atom stereocenters. The van der Waals surface area contributed by atoms with E-state index in [0.717, 1.165) is 16.9 Å². The molecule has 0 aliphatic carbocycles. The minimum atomic E-state index is 0.589. The first-order valence-electron chi connectivity index (χ1n) is 4.59. The Labute approximate surface area is 85.4 Å². The van der Waals surface area contributed by atoms with Gasteiger partial charge in [0.05, 0.1) is 0 Å². The first kappa shape index (κ1) is 10.4. The zero-order valence-corrected chi connectivity index (χ0v) is 8.58. The molecule has 0 saturated heterocycles. The van der Waals surface area contributed by atoms with Crippen LogP contribution in [-0.2, 0) is 0 Å². The highest BCUT2D eigenvalue weighted by molar-refractivity contribution is 5.47. The second kappa shape index (κ2) is 5.14. The van der Waals surface area contributed by atoms with Gasteiger partial charge in [-0.05, 0) is 26.0 Å². The van der Waals surface area contributed by atoms with Gasteiger partial charge in [-0.1, -0.05) is 24.1 Å². The Morgan fingerprint density at radius 2 is 2.29 bits per heavy atom. The van der Waals surface area contributed by atoms with E-state index in [-0.39, 0.29) is 0 Å². The van der Waals surface area contributed by atoms with Crippen molar-refractivity contribution < 1.29 is 4.74 Å². The molecule has 1 aromatic carbocycles. The molecule has 1 rings (SSSR count). The summed E-state index contributed by atoms with van der Waals surface area (Å²) < 4.78 is 5.54. The summed E-state index contributed by atoms with van der Waals surface area (Å²) in [6.07, 6.45) is 9.27. The van der Waals surface area contributed by atoms with E-state index in [0.29, 0.717) is 6.61 Å². The summed E-state index contributed by atoms with van der Waals surface area (Å²) in [5, 5.41) is 0. The Kier molecular flexibility index (Phi) is 3.82. The van der Waals surface area contributed by atoms with Crippen LogP contribution < -0.4 is 4.74 Å². The number of allylic oxidation sites excluding steroid dienone is 1. The normalized spacial score (nSPS) is 10.1. The Hall–Kier alpha value is -1.68. The van der Waals surface area contributed by atoms with Crippen molar-refractivity contribution in [3.05, 3.63) is 41.5 Å². The van der Waals surface area contributed by atoms with E-state index in [1.165, 1.54) is 0 Å². The van der Waals surface area contributed by atoms with E-state index in [9.17, 15) is 0 Å². The molecule has 0 saturated carbocycles. The van der Waals surface area contributed by atoms with Gasteiger partial charge in [-0.3, -0.25) is 0 Å². The fourth-order valence-corrected chi connectivity index (χ4v) is 1.16. The van der Waals surface area contributed by atoms with Crippen LogP contribution in [0.4, 0.5) is 0 Å². The highest BCUT2D eigenvalue weighted by atomic mass is 16.5. The fourth-order valence-electron chi connectivity index (χ4n) is 1.16. The Bertz CT molecular complexity index is 369. The molecule has 0 spiro atoms. The Morgan fingerprint density at radius 1 is 1.50 bits per heavy atom. The van der Waals surface area contributed by atoms with Crippen LogP contribution in [-0.4, -0.2) is 6.61 Å². The number of hydrogen-bond acceptors (Lipinski definition) is 1. The molecule has 1 nitrogen and oxygen atoms in total. The minimum Gasteiger partial charge on any atom is -0.489 e. The van der Waals surface area contributed by atoms with E-state index in [1.54, 1.807) is 0 Å². The topological polar surface area (TPSA) is 9.23 Å². The van der Waals surface area contributed by atoms with Gasteiger partial charge in [0.25, 0.3) is 0 Å². The van der Waals surface area contributed by atoms with Gasteiger partial charge in [0.15, 0.2) is 0 Å². The summed E-state index contributed by atoms with van der Waals surface area (Å²) in [6, 6.07) is 5.75. The summed E-state index contributed by atoms with van der Waals surface area (Å²) in [5.74, 6) is 3.49. The minimum absolute atomic E-state index is 0.589. The average Bonchev–Trinajstić information content (AvgIpc) is 2.21. The van der Waals surface area contributed by atoms with Crippen LogP contribution in [0.15, 0.2) is 30.4 Å². The first-order chi connectivity index (χ1) is 6.79. The van der Waals surface area contributed by atoms with Crippen LogP contribution in [0, 0.1) is 19.3 Å². The molecule has 1 heteroatoms. The van der Waals surface area contributed by atoms with Crippen molar-refractivity contribution in [3.63, 3.8) is 0 Å². The molecule has 72 valence electrons. The standard InChI is InChI=1S/C13H14O/c1-4-6-10-14-13-9-7-8-12(5-2)11(13)3/h2,4,6-9H,10H2,1,3H3. The molecule has 0 N–H and O–H groups in total. The van der Waals surface area contributed by atoms with Crippen molar-refractivity contribution in [1.29, 1.82) is 0 Å². The highest BCUT2D eigenvalue weighted by Gasteiger charge is 2.01. The largest absolute Gasteiger partial charge is 0.489 e. The molecule has 0 amide bonds. The molecule has 1 aromatic rings. The second-order valence-corrected chi connectivity index (χ2v) is 2.95. The van der Waals surface area contributed by atoms with Gasteiger partial charge in [0.2, 0.25) is 0 Å². The van der Waals surface area contributed by atoms with Crippen molar-refractivity contribution in [1.82, 2.24) is 0 Å². The van der Waals surface area contributed by atoms with Gasteiger partial charge in [-0.25, -0.2) is 0 Å². The molecule has 0 aliphatic heterocycles. The lowest BCUT2D eigenvalue weighted by Gasteiger charge is -2.07. The summed E-state index contributed by atoms with van der Waals surface area (Å²) in [6.45, 7) is 4.53. The highest BCUT2D eigenvalue weighted by Crippen LogP contribution is 2.20. The predicted molar refractivity (Wildman–Crippen MR) is 59.4 cm³/mol. The van der Waals surface area contributed by atoms with Crippen molar-refractivity contribution in [3.8, 4) is 18.1 Å². The van der Waals surface area contributed by atoms with Gasteiger partial charge in [0.1, 0.15) is 12.4 Å². The summed E-state index contributed by atoms with van der Waals surface area (Å²) >= 11 is 0. The molecule has 0 unspecified atom stereocenters. The van der Waals surface area contributed by atoms with Crippen LogP contribution in [0.2, 0.25) is 0 Å². The monoisotopic (exact) mass is 186 g/mol. The van der Waals surface area contributed by atoms with Gasteiger partial charge in [-0.2, -0.15) is 0 Å². The summed E-state index contributed by atoms with van der Waals surface area (Å²) in [7, 11) is 0. The lowest BCUT2D eigenvalue weighted by atomic mass is 10.1.